The molecule has 0 saturated carbocycles. The Kier molecular flexibility index (Phi) is 3.95. The highest BCUT2D eigenvalue weighted by atomic mass is 32.1. The molecular weight excluding hydrogens is 310 g/mol. The largest absolute Gasteiger partial charge is 0.372 e. The van der Waals surface area contributed by atoms with E-state index in [4.69, 9.17) is 4.74 Å². The van der Waals surface area contributed by atoms with Gasteiger partial charge in [-0.25, -0.2) is 0 Å². The van der Waals surface area contributed by atoms with Crippen molar-refractivity contribution in [1.29, 1.82) is 0 Å². The lowest BCUT2D eigenvalue weighted by molar-refractivity contribution is -0.135. The van der Waals surface area contributed by atoms with Crippen LogP contribution >= 0.6 is 11.3 Å². The smallest absolute Gasteiger partial charge is 0.226 e. The van der Waals surface area contributed by atoms with E-state index < -0.39 is 0 Å². The third-order valence-electron chi connectivity index (χ3n) is 4.81. The van der Waals surface area contributed by atoms with E-state index in [0.29, 0.717) is 13.0 Å². The Hall–Kier alpha value is -1.66. The number of nitrogens with zero attached hydrogens (tertiary/aromatic N) is 3. The van der Waals surface area contributed by atoms with Crippen molar-refractivity contribution in [2.24, 2.45) is 7.05 Å². The molecule has 122 valence electrons. The van der Waals surface area contributed by atoms with Crippen molar-refractivity contribution in [3.8, 4) is 0 Å². The van der Waals surface area contributed by atoms with Crippen LogP contribution in [0, 0.1) is 0 Å². The minimum Gasteiger partial charge on any atom is -0.372 e. The number of fused-ring (bicyclic) bond motifs is 1. The van der Waals surface area contributed by atoms with E-state index in [1.807, 2.05) is 24.3 Å². The maximum absolute atomic E-state index is 12.9. The summed E-state index contributed by atoms with van der Waals surface area (Å²) in [6.07, 6.45) is 7.32. The van der Waals surface area contributed by atoms with E-state index in [9.17, 15) is 4.79 Å². The fraction of sp³-hybridized carbons (Fsp3) is 0.529. The van der Waals surface area contributed by atoms with E-state index in [1.54, 1.807) is 16.0 Å². The number of amides is 1. The molecule has 1 saturated heterocycles. The highest BCUT2D eigenvalue weighted by Crippen LogP contribution is 2.37. The summed E-state index contributed by atoms with van der Waals surface area (Å²) in [5.74, 6) is 0.197. The predicted molar refractivity (Wildman–Crippen MR) is 88.2 cm³/mol. The van der Waals surface area contributed by atoms with E-state index in [2.05, 4.69) is 16.5 Å². The SMILES string of the molecule is Cn1cc([C@H]2CCCN2C(=O)C[C@@H]2OCCc3ccsc32)cn1. The lowest BCUT2D eigenvalue weighted by atomic mass is 10.0. The first kappa shape index (κ1) is 14.9. The van der Waals surface area contributed by atoms with Gasteiger partial charge in [0, 0.05) is 30.2 Å². The van der Waals surface area contributed by atoms with Crippen LogP contribution in [0.1, 0.15) is 47.4 Å². The fourth-order valence-corrected chi connectivity index (χ4v) is 4.68. The van der Waals surface area contributed by atoms with Gasteiger partial charge >= 0.3 is 0 Å². The molecule has 23 heavy (non-hydrogen) atoms. The molecule has 4 heterocycles. The van der Waals surface area contributed by atoms with E-state index in [1.165, 1.54) is 10.4 Å². The molecule has 0 radical (unpaired) electrons. The molecule has 2 aromatic heterocycles. The molecule has 0 spiro atoms. The van der Waals surface area contributed by atoms with Gasteiger partial charge in [0.1, 0.15) is 6.10 Å². The van der Waals surface area contributed by atoms with Gasteiger partial charge in [-0.2, -0.15) is 5.10 Å². The molecular formula is C17H21N3O2S. The minimum absolute atomic E-state index is 0.0681. The maximum Gasteiger partial charge on any atom is 0.226 e. The standard InChI is InChI=1S/C17H21N3O2S/c1-19-11-13(10-18-19)14-3-2-6-20(14)16(21)9-15-17-12(4-7-22-15)5-8-23-17/h5,8,10-11,14-15H,2-4,6-7,9H2,1H3/t14-,15+/m1/s1. The van der Waals surface area contributed by atoms with Crippen LogP contribution in [0.25, 0.3) is 0 Å². The Labute approximate surface area is 139 Å². The molecule has 1 amide bonds. The van der Waals surface area contributed by atoms with Crippen molar-refractivity contribution in [1.82, 2.24) is 14.7 Å². The Morgan fingerprint density at radius 3 is 3.26 bits per heavy atom. The summed E-state index contributed by atoms with van der Waals surface area (Å²) >= 11 is 1.71. The van der Waals surface area contributed by atoms with Gasteiger partial charge in [0.15, 0.2) is 0 Å². The summed E-state index contributed by atoms with van der Waals surface area (Å²) in [5.41, 5.74) is 2.49. The predicted octanol–water partition coefficient (Wildman–Crippen LogP) is 2.85. The number of aryl methyl sites for hydroxylation is 1. The number of ether oxygens (including phenoxy) is 1. The quantitative estimate of drug-likeness (QED) is 0.869. The summed E-state index contributed by atoms with van der Waals surface area (Å²) in [7, 11) is 1.92. The molecule has 2 aromatic rings. The van der Waals surface area contributed by atoms with Crippen LogP contribution in [-0.4, -0.2) is 33.7 Å². The maximum atomic E-state index is 12.9. The Bertz CT molecular complexity index is 708. The summed E-state index contributed by atoms with van der Waals surface area (Å²) in [6.45, 7) is 1.55. The van der Waals surface area contributed by atoms with Gasteiger partial charge in [-0.1, -0.05) is 0 Å². The molecule has 2 aliphatic heterocycles. The van der Waals surface area contributed by atoms with Crippen LogP contribution in [0.2, 0.25) is 0 Å². The summed E-state index contributed by atoms with van der Waals surface area (Å²) in [5, 5.41) is 6.35. The average molecular weight is 331 g/mol. The second-order valence-corrected chi connectivity index (χ2v) is 7.26. The highest BCUT2D eigenvalue weighted by molar-refractivity contribution is 7.10. The molecule has 2 aliphatic rings. The van der Waals surface area contributed by atoms with E-state index >= 15 is 0 Å². The van der Waals surface area contributed by atoms with Crippen LogP contribution in [0.3, 0.4) is 0 Å². The monoisotopic (exact) mass is 331 g/mol. The molecule has 2 atom stereocenters. The van der Waals surface area contributed by atoms with Gasteiger partial charge in [-0.05, 0) is 36.3 Å². The summed E-state index contributed by atoms with van der Waals surface area (Å²) < 4.78 is 7.69. The number of aromatic nitrogens is 2. The van der Waals surface area contributed by atoms with Crippen molar-refractivity contribution in [3.05, 3.63) is 39.8 Å². The van der Waals surface area contributed by atoms with Crippen molar-refractivity contribution < 1.29 is 9.53 Å². The molecule has 5 nitrogen and oxygen atoms in total. The molecule has 0 aliphatic carbocycles. The summed E-state index contributed by atoms with van der Waals surface area (Å²) in [6, 6.07) is 2.33. The molecule has 6 heteroatoms. The Morgan fingerprint density at radius 2 is 2.43 bits per heavy atom. The summed E-state index contributed by atoms with van der Waals surface area (Å²) in [4.78, 5) is 16.1. The fourth-order valence-electron chi connectivity index (χ4n) is 3.67. The highest BCUT2D eigenvalue weighted by Gasteiger charge is 2.33. The van der Waals surface area contributed by atoms with Crippen molar-refractivity contribution >= 4 is 17.2 Å². The van der Waals surface area contributed by atoms with Gasteiger partial charge < -0.3 is 9.64 Å². The van der Waals surface area contributed by atoms with Crippen molar-refractivity contribution in [2.45, 2.75) is 37.8 Å². The number of hydrogen-bond donors (Lipinski definition) is 0. The number of likely N-dealkylation sites (tertiary alicyclic amines) is 1. The molecule has 1 fully saturated rings. The minimum atomic E-state index is -0.0681. The van der Waals surface area contributed by atoms with Gasteiger partial charge in [-0.15, -0.1) is 11.3 Å². The lowest BCUT2D eigenvalue weighted by Gasteiger charge is -2.28. The number of thiophene rings is 1. The van der Waals surface area contributed by atoms with Crippen LogP contribution < -0.4 is 0 Å². The topological polar surface area (TPSA) is 47.4 Å². The second kappa shape index (κ2) is 6.09. The average Bonchev–Trinajstić information content (AvgIpc) is 3.26. The van der Waals surface area contributed by atoms with Crippen LogP contribution in [0.5, 0.6) is 0 Å². The first-order valence-electron chi connectivity index (χ1n) is 8.18. The van der Waals surface area contributed by atoms with Gasteiger partial charge in [-0.3, -0.25) is 9.48 Å². The van der Waals surface area contributed by atoms with Gasteiger partial charge in [0.25, 0.3) is 0 Å². The third-order valence-corrected chi connectivity index (χ3v) is 5.86. The second-order valence-electron chi connectivity index (χ2n) is 6.32. The molecule has 0 N–H and O–H groups in total. The van der Waals surface area contributed by atoms with Gasteiger partial charge in [0.05, 0.1) is 25.3 Å². The molecule has 0 aromatic carbocycles. The third kappa shape index (κ3) is 2.81. The van der Waals surface area contributed by atoms with Crippen LogP contribution in [-0.2, 0) is 23.0 Å². The molecule has 0 bridgehead atoms. The molecule has 0 unspecified atom stereocenters. The van der Waals surface area contributed by atoms with Gasteiger partial charge in [0.2, 0.25) is 5.91 Å². The number of hydrogen-bond acceptors (Lipinski definition) is 4. The molecule has 4 rings (SSSR count). The normalized spacial score (nSPS) is 24.0. The Balaban J connectivity index is 1.49. The number of rotatable bonds is 3. The van der Waals surface area contributed by atoms with Crippen LogP contribution in [0.4, 0.5) is 0 Å². The van der Waals surface area contributed by atoms with Crippen molar-refractivity contribution in [2.75, 3.05) is 13.2 Å². The van der Waals surface area contributed by atoms with Crippen molar-refractivity contribution in [3.63, 3.8) is 0 Å². The first-order chi connectivity index (χ1) is 11.2. The zero-order valence-corrected chi connectivity index (χ0v) is 14.1. The first-order valence-corrected chi connectivity index (χ1v) is 9.06. The number of carbonyl (C=O) groups excluding carboxylic acids is 1. The Morgan fingerprint density at radius 1 is 1.52 bits per heavy atom. The lowest BCUT2D eigenvalue weighted by Crippen LogP contribution is -2.32. The van der Waals surface area contributed by atoms with E-state index in [0.717, 1.165) is 31.4 Å². The number of carbonyl (C=O) groups is 1. The van der Waals surface area contributed by atoms with E-state index in [-0.39, 0.29) is 18.1 Å². The zero-order chi connectivity index (χ0) is 15.8. The van der Waals surface area contributed by atoms with Crippen LogP contribution in [0.15, 0.2) is 23.8 Å². The zero-order valence-electron chi connectivity index (χ0n) is 13.3.